The van der Waals surface area contributed by atoms with Crippen LogP contribution < -0.4 is 0 Å². The second-order valence-corrected chi connectivity index (χ2v) is 7.70. The van der Waals surface area contributed by atoms with Crippen molar-refractivity contribution in [3.8, 4) is 5.69 Å². The first kappa shape index (κ1) is 17.0. The van der Waals surface area contributed by atoms with Crippen LogP contribution in [0.25, 0.3) is 5.69 Å². The van der Waals surface area contributed by atoms with Crippen molar-refractivity contribution in [1.29, 1.82) is 0 Å². The Kier molecular flexibility index (Phi) is 4.40. The van der Waals surface area contributed by atoms with Gasteiger partial charge in [0.05, 0.1) is 11.4 Å². The number of nitrogens with zero attached hydrogens (tertiary/aromatic N) is 5. The van der Waals surface area contributed by atoms with Crippen LogP contribution in [0.4, 0.5) is 0 Å². The average Bonchev–Trinajstić information content (AvgIpc) is 3.26. The highest BCUT2D eigenvalue weighted by Crippen LogP contribution is 2.38. The monoisotopic (exact) mass is 367 g/mol. The molecule has 0 unspecified atom stereocenters. The topological polar surface area (TPSA) is 65.6 Å². The molecule has 1 saturated carbocycles. The number of para-hydroxylation sites is 1. The van der Waals surface area contributed by atoms with Crippen LogP contribution in [0.15, 0.2) is 35.5 Å². The number of carbonyl (C=O) groups excluding carboxylic acids is 1. The molecule has 0 spiro atoms. The van der Waals surface area contributed by atoms with Crippen molar-refractivity contribution in [2.75, 3.05) is 5.75 Å². The van der Waals surface area contributed by atoms with Gasteiger partial charge < -0.3 is 4.57 Å². The minimum atomic E-state index is 0.120. The third-order valence-electron chi connectivity index (χ3n) is 4.81. The lowest BCUT2D eigenvalue weighted by Gasteiger charge is -2.08. The van der Waals surface area contributed by atoms with Crippen LogP contribution in [0.2, 0.25) is 0 Å². The number of hydrogen-bond acceptors (Lipinski definition) is 5. The predicted molar refractivity (Wildman–Crippen MR) is 101 cm³/mol. The van der Waals surface area contributed by atoms with Crippen LogP contribution in [0.5, 0.6) is 0 Å². The zero-order chi connectivity index (χ0) is 18.3. The predicted octanol–water partition coefficient (Wildman–Crippen LogP) is 3.70. The van der Waals surface area contributed by atoms with Gasteiger partial charge in [-0.3, -0.25) is 4.79 Å². The molecule has 1 aliphatic carbocycles. The lowest BCUT2D eigenvalue weighted by molar-refractivity contribution is 0.102. The van der Waals surface area contributed by atoms with E-state index in [0.29, 0.717) is 17.0 Å². The molecule has 0 bridgehead atoms. The van der Waals surface area contributed by atoms with Crippen molar-refractivity contribution in [3.05, 3.63) is 52.8 Å². The Morgan fingerprint density at radius 3 is 2.73 bits per heavy atom. The summed E-state index contributed by atoms with van der Waals surface area (Å²) in [6, 6.07) is 10.5. The molecule has 3 aromatic rings. The number of aromatic nitrogens is 5. The zero-order valence-corrected chi connectivity index (χ0v) is 16.0. The van der Waals surface area contributed by atoms with Crippen molar-refractivity contribution < 1.29 is 4.79 Å². The summed E-state index contributed by atoms with van der Waals surface area (Å²) in [4.78, 5) is 12.8. The summed E-state index contributed by atoms with van der Waals surface area (Å²) in [6.07, 6.45) is 2.42. The molecule has 134 valence electrons. The van der Waals surface area contributed by atoms with E-state index in [-0.39, 0.29) is 5.78 Å². The van der Waals surface area contributed by atoms with Gasteiger partial charge in [0.15, 0.2) is 5.78 Å². The summed E-state index contributed by atoms with van der Waals surface area (Å²) in [5, 5.41) is 12.6. The summed E-state index contributed by atoms with van der Waals surface area (Å²) in [5.74, 6) is 0.440. The Morgan fingerprint density at radius 2 is 2.00 bits per heavy atom. The molecule has 0 saturated heterocycles. The summed E-state index contributed by atoms with van der Waals surface area (Å²) in [7, 11) is 0. The molecular weight excluding hydrogens is 346 g/mol. The smallest absolute Gasteiger partial charge is 0.214 e. The molecule has 1 aromatic carbocycles. The van der Waals surface area contributed by atoms with Gasteiger partial charge >= 0.3 is 0 Å². The van der Waals surface area contributed by atoms with Gasteiger partial charge in [0, 0.05) is 23.0 Å². The van der Waals surface area contributed by atoms with Gasteiger partial charge in [-0.05, 0) is 61.7 Å². The van der Waals surface area contributed by atoms with Gasteiger partial charge in [0.1, 0.15) is 0 Å². The lowest BCUT2D eigenvalue weighted by Crippen LogP contribution is -2.07. The van der Waals surface area contributed by atoms with E-state index >= 15 is 0 Å². The van der Waals surface area contributed by atoms with Crippen molar-refractivity contribution in [3.63, 3.8) is 0 Å². The van der Waals surface area contributed by atoms with Crippen LogP contribution >= 0.6 is 11.8 Å². The molecule has 4 rings (SSSR count). The third-order valence-corrected chi connectivity index (χ3v) is 5.73. The van der Waals surface area contributed by atoms with Crippen molar-refractivity contribution in [2.45, 2.75) is 44.8 Å². The van der Waals surface area contributed by atoms with Crippen LogP contribution in [0.3, 0.4) is 0 Å². The van der Waals surface area contributed by atoms with E-state index in [1.54, 1.807) is 4.68 Å². The van der Waals surface area contributed by atoms with Crippen molar-refractivity contribution in [1.82, 2.24) is 24.8 Å². The van der Waals surface area contributed by atoms with Crippen LogP contribution in [-0.2, 0) is 0 Å². The Hall–Kier alpha value is -2.41. The molecule has 0 N–H and O–H groups in total. The Morgan fingerprint density at radius 1 is 1.23 bits per heavy atom. The largest absolute Gasteiger partial charge is 0.345 e. The van der Waals surface area contributed by atoms with Crippen LogP contribution in [0, 0.1) is 20.8 Å². The molecule has 0 amide bonds. The van der Waals surface area contributed by atoms with Crippen LogP contribution in [-0.4, -0.2) is 36.3 Å². The maximum absolute atomic E-state index is 12.8. The standard InChI is InChI=1S/C19H21N5OS/c1-12-6-4-5-7-17(12)24-19(20-21-22-24)26-11-18(25)16-10-13(2)23(14(16)3)15-8-9-15/h4-7,10,15H,8-9,11H2,1-3H3. The molecule has 2 aromatic heterocycles. The Balaban J connectivity index is 1.52. The second kappa shape index (κ2) is 6.72. The normalized spacial score (nSPS) is 14.0. The van der Waals surface area contributed by atoms with Gasteiger partial charge in [-0.25, -0.2) is 0 Å². The highest BCUT2D eigenvalue weighted by atomic mass is 32.2. The number of Topliss-reactive ketones (excluding diaryl/α,β-unsaturated/α-hetero) is 1. The molecule has 1 fully saturated rings. The van der Waals surface area contributed by atoms with Gasteiger partial charge in [-0.1, -0.05) is 30.0 Å². The fourth-order valence-electron chi connectivity index (χ4n) is 3.38. The molecular formula is C19H21N5OS. The number of thioether (sulfide) groups is 1. The highest BCUT2D eigenvalue weighted by molar-refractivity contribution is 7.99. The van der Waals surface area contributed by atoms with Crippen molar-refractivity contribution in [2.24, 2.45) is 0 Å². The number of tetrazole rings is 1. The average molecular weight is 367 g/mol. The van der Waals surface area contributed by atoms with E-state index in [1.165, 1.54) is 30.3 Å². The summed E-state index contributed by atoms with van der Waals surface area (Å²) < 4.78 is 4.00. The number of aryl methyl sites for hydroxylation is 2. The zero-order valence-electron chi connectivity index (χ0n) is 15.1. The molecule has 0 aliphatic heterocycles. The van der Waals surface area contributed by atoms with E-state index in [4.69, 9.17) is 0 Å². The Labute approximate surface area is 156 Å². The van der Waals surface area contributed by atoms with Gasteiger partial charge in [0.25, 0.3) is 0 Å². The first-order valence-corrected chi connectivity index (χ1v) is 9.73. The first-order valence-electron chi connectivity index (χ1n) is 8.75. The number of carbonyl (C=O) groups is 1. The molecule has 6 nitrogen and oxygen atoms in total. The number of rotatable bonds is 6. The van der Waals surface area contributed by atoms with Gasteiger partial charge in [0.2, 0.25) is 5.16 Å². The van der Waals surface area contributed by atoms with E-state index in [0.717, 1.165) is 22.5 Å². The van der Waals surface area contributed by atoms with E-state index in [1.807, 2.05) is 44.2 Å². The third kappa shape index (κ3) is 3.07. The van der Waals surface area contributed by atoms with Crippen molar-refractivity contribution >= 4 is 17.5 Å². The van der Waals surface area contributed by atoms with E-state index < -0.39 is 0 Å². The minimum absolute atomic E-state index is 0.120. The van der Waals surface area contributed by atoms with E-state index in [9.17, 15) is 4.79 Å². The maximum atomic E-state index is 12.8. The fourth-order valence-corrected chi connectivity index (χ4v) is 4.15. The summed E-state index contributed by atoms with van der Waals surface area (Å²) >= 11 is 1.38. The molecule has 0 atom stereocenters. The molecule has 26 heavy (non-hydrogen) atoms. The molecule has 2 heterocycles. The lowest BCUT2D eigenvalue weighted by atomic mass is 10.2. The summed E-state index contributed by atoms with van der Waals surface area (Å²) in [5.41, 5.74) is 5.08. The summed E-state index contributed by atoms with van der Waals surface area (Å²) in [6.45, 7) is 6.14. The second-order valence-electron chi connectivity index (χ2n) is 6.76. The van der Waals surface area contributed by atoms with Gasteiger partial charge in [-0.15, -0.1) is 5.10 Å². The maximum Gasteiger partial charge on any atom is 0.214 e. The number of benzene rings is 1. The number of ketones is 1. The van der Waals surface area contributed by atoms with Gasteiger partial charge in [-0.2, -0.15) is 4.68 Å². The molecule has 0 radical (unpaired) electrons. The quantitative estimate of drug-likeness (QED) is 0.491. The van der Waals surface area contributed by atoms with Crippen LogP contribution in [0.1, 0.15) is 46.2 Å². The number of hydrogen-bond donors (Lipinski definition) is 0. The molecule has 7 heteroatoms. The highest BCUT2D eigenvalue weighted by Gasteiger charge is 2.28. The SMILES string of the molecule is Cc1ccccc1-n1nnnc1SCC(=O)c1cc(C)n(C2CC2)c1C. The Bertz CT molecular complexity index is 970. The van der Waals surface area contributed by atoms with E-state index in [2.05, 4.69) is 27.0 Å². The minimum Gasteiger partial charge on any atom is -0.345 e. The first-order chi connectivity index (χ1) is 12.6. The fraction of sp³-hybridized carbons (Fsp3) is 0.368. The molecule has 1 aliphatic rings.